The second kappa shape index (κ2) is 6.48. The molecule has 110 valence electrons. The fourth-order valence-corrected chi connectivity index (χ4v) is 4.02. The first kappa shape index (κ1) is 15.2. The number of pyridine rings is 1. The van der Waals surface area contributed by atoms with Gasteiger partial charge in [0, 0.05) is 31.0 Å². The number of aromatic nitrogens is 1. The molecule has 1 saturated carbocycles. The summed E-state index contributed by atoms with van der Waals surface area (Å²) in [6, 6.07) is 3.82. The van der Waals surface area contributed by atoms with Crippen molar-refractivity contribution in [3.05, 3.63) is 30.1 Å². The molecule has 4 nitrogen and oxygen atoms in total. The number of carbonyl (C=O) groups excluding carboxylic acids is 1. The molecule has 5 heteroatoms. The van der Waals surface area contributed by atoms with E-state index in [9.17, 15) is 13.2 Å². The molecule has 1 aliphatic carbocycles. The van der Waals surface area contributed by atoms with E-state index in [4.69, 9.17) is 0 Å². The predicted molar refractivity (Wildman–Crippen MR) is 78.2 cm³/mol. The van der Waals surface area contributed by atoms with Crippen LogP contribution in [0, 0.1) is 5.92 Å². The first-order valence-electron chi connectivity index (χ1n) is 7.07. The van der Waals surface area contributed by atoms with Crippen LogP contribution < -0.4 is 0 Å². The smallest absolute Gasteiger partial charge is 0.150 e. The molecule has 0 bridgehead atoms. The summed E-state index contributed by atoms with van der Waals surface area (Å²) < 4.78 is 23.2. The Morgan fingerprint density at radius 1 is 1.30 bits per heavy atom. The summed E-state index contributed by atoms with van der Waals surface area (Å²) in [6.45, 7) is 0. The van der Waals surface area contributed by atoms with Crippen LogP contribution in [0.25, 0.3) is 0 Å². The van der Waals surface area contributed by atoms with E-state index in [1.807, 2.05) is 12.1 Å². The van der Waals surface area contributed by atoms with Gasteiger partial charge in [0.25, 0.3) is 0 Å². The molecule has 0 aromatic carbocycles. The average Bonchev–Trinajstić information content (AvgIpc) is 2.45. The van der Waals surface area contributed by atoms with E-state index in [1.165, 1.54) is 6.26 Å². The van der Waals surface area contributed by atoms with Crippen LogP contribution >= 0.6 is 0 Å². The first-order valence-corrected chi connectivity index (χ1v) is 9.03. The lowest BCUT2D eigenvalue weighted by Gasteiger charge is -2.27. The molecule has 1 fully saturated rings. The quantitative estimate of drug-likeness (QED) is 0.835. The molecule has 0 spiro atoms. The molecule has 0 N–H and O–H groups in total. The van der Waals surface area contributed by atoms with E-state index in [-0.39, 0.29) is 17.0 Å². The van der Waals surface area contributed by atoms with E-state index in [1.54, 1.807) is 12.4 Å². The normalized spacial score (nSPS) is 23.4. The van der Waals surface area contributed by atoms with Gasteiger partial charge in [0.05, 0.1) is 5.25 Å². The van der Waals surface area contributed by atoms with E-state index < -0.39 is 9.84 Å². The number of aryl methyl sites for hydroxylation is 1. The Balaban J connectivity index is 1.89. The standard InChI is InChI=1S/C15H21NO3S/c1-20(18,19)14-4-2-3-13(11-14)15(17)6-5-12-7-9-16-10-8-12/h7-10,13-14H,2-6,11H2,1H3. The molecule has 0 radical (unpaired) electrons. The minimum atomic E-state index is -3.02. The lowest BCUT2D eigenvalue weighted by Crippen LogP contribution is -2.31. The monoisotopic (exact) mass is 295 g/mol. The second-order valence-electron chi connectivity index (χ2n) is 5.64. The zero-order chi connectivity index (χ0) is 14.6. The van der Waals surface area contributed by atoms with Gasteiger partial charge in [-0.1, -0.05) is 6.42 Å². The maximum atomic E-state index is 12.2. The molecule has 2 rings (SSSR count). The Kier molecular flexibility index (Phi) is 4.91. The van der Waals surface area contributed by atoms with Crippen molar-refractivity contribution in [3.63, 3.8) is 0 Å². The predicted octanol–water partition coefficient (Wildman–Crippen LogP) is 2.19. The molecule has 0 amide bonds. The van der Waals surface area contributed by atoms with Crippen molar-refractivity contribution in [3.8, 4) is 0 Å². The number of rotatable bonds is 5. The highest BCUT2D eigenvalue weighted by molar-refractivity contribution is 7.91. The highest BCUT2D eigenvalue weighted by atomic mass is 32.2. The molecule has 2 unspecified atom stereocenters. The summed E-state index contributed by atoms with van der Waals surface area (Å²) in [6.07, 6.45) is 8.81. The number of nitrogens with zero attached hydrogens (tertiary/aromatic N) is 1. The topological polar surface area (TPSA) is 64.1 Å². The van der Waals surface area contributed by atoms with Crippen molar-refractivity contribution < 1.29 is 13.2 Å². The molecule has 20 heavy (non-hydrogen) atoms. The van der Waals surface area contributed by atoms with E-state index >= 15 is 0 Å². The highest BCUT2D eigenvalue weighted by Gasteiger charge is 2.31. The van der Waals surface area contributed by atoms with Gasteiger partial charge in [-0.15, -0.1) is 0 Å². The number of hydrogen-bond donors (Lipinski definition) is 0. The largest absolute Gasteiger partial charge is 0.299 e. The molecule has 1 aromatic heterocycles. The van der Waals surface area contributed by atoms with Crippen LogP contribution in [0.1, 0.15) is 37.7 Å². The maximum absolute atomic E-state index is 12.2. The van der Waals surface area contributed by atoms with Crippen LogP contribution in [0.3, 0.4) is 0 Å². The summed E-state index contributed by atoms with van der Waals surface area (Å²) in [5, 5.41) is -0.328. The fraction of sp³-hybridized carbons (Fsp3) is 0.600. The minimum Gasteiger partial charge on any atom is -0.299 e. The Hall–Kier alpha value is -1.23. The fourth-order valence-electron chi connectivity index (χ4n) is 2.85. The number of sulfone groups is 1. The van der Waals surface area contributed by atoms with Crippen LogP contribution in [-0.2, 0) is 21.1 Å². The summed E-state index contributed by atoms with van der Waals surface area (Å²) in [4.78, 5) is 16.2. The van der Waals surface area contributed by atoms with Crippen LogP contribution in [0.15, 0.2) is 24.5 Å². The van der Waals surface area contributed by atoms with Crippen LogP contribution in [0.2, 0.25) is 0 Å². The van der Waals surface area contributed by atoms with Gasteiger partial charge in [-0.25, -0.2) is 8.42 Å². The Morgan fingerprint density at radius 3 is 2.65 bits per heavy atom. The van der Waals surface area contributed by atoms with Crippen molar-refractivity contribution in [1.82, 2.24) is 4.98 Å². The van der Waals surface area contributed by atoms with Gasteiger partial charge in [-0.2, -0.15) is 0 Å². The number of Topliss-reactive ketones (excluding diaryl/α,β-unsaturated/α-hetero) is 1. The van der Waals surface area contributed by atoms with Gasteiger partial charge in [0.2, 0.25) is 0 Å². The van der Waals surface area contributed by atoms with Crippen molar-refractivity contribution >= 4 is 15.6 Å². The van der Waals surface area contributed by atoms with E-state index in [0.717, 1.165) is 18.4 Å². The number of hydrogen-bond acceptors (Lipinski definition) is 4. The Bertz CT molecular complexity index is 554. The lowest BCUT2D eigenvalue weighted by molar-refractivity contribution is -0.123. The zero-order valence-corrected chi connectivity index (χ0v) is 12.6. The van der Waals surface area contributed by atoms with Crippen LogP contribution in [0.5, 0.6) is 0 Å². The summed E-state index contributed by atoms with van der Waals surface area (Å²) in [5.74, 6) is 0.125. The third-order valence-electron chi connectivity index (χ3n) is 4.10. The van der Waals surface area contributed by atoms with Crippen molar-refractivity contribution in [2.75, 3.05) is 6.26 Å². The zero-order valence-electron chi connectivity index (χ0n) is 11.8. The maximum Gasteiger partial charge on any atom is 0.150 e. The molecular weight excluding hydrogens is 274 g/mol. The Labute approximate surface area is 120 Å². The average molecular weight is 295 g/mol. The third-order valence-corrected chi connectivity index (χ3v) is 5.74. The molecule has 1 aliphatic rings. The lowest BCUT2D eigenvalue weighted by atomic mass is 9.84. The first-order chi connectivity index (χ1) is 9.47. The summed E-state index contributed by atoms with van der Waals surface area (Å²) >= 11 is 0. The van der Waals surface area contributed by atoms with E-state index in [0.29, 0.717) is 25.7 Å². The van der Waals surface area contributed by atoms with Gasteiger partial charge in [-0.05, 0) is 43.4 Å². The van der Waals surface area contributed by atoms with Crippen molar-refractivity contribution in [1.29, 1.82) is 0 Å². The van der Waals surface area contributed by atoms with Gasteiger partial charge in [0.1, 0.15) is 15.6 Å². The second-order valence-corrected chi connectivity index (χ2v) is 7.96. The third kappa shape index (κ3) is 4.13. The van der Waals surface area contributed by atoms with Crippen LogP contribution in [-0.4, -0.2) is 30.7 Å². The molecule has 2 atom stereocenters. The van der Waals surface area contributed by atoms with Gasteiger partial charge < -0.3 is 0 Å². The molecule has 1 heterocycles. The number of carbonyl (C=O) groups is 1. The van der Waals surface area contributed by atoms with Crippen LogP contribution in [0.4, 0.5) is 0 Å². The SMILES string of the molecule is CS(=O)(=O)C1CCCC(C(=O)CCc2ccncc2)C1. The summed E-state index contributed by atoms with van der Waals surface area (Å²) in [5.41, 5.74) is 1.10. The molecular formula is C15H21NO3S. The summed E-state index contributed by atoms with van der Waals surface area (Å²) in [7, 11) is -3.02. The van der Waals surface area contributed by atoms with Crippen molar-refractivity contribution in [2.24, 2.45) is 5.92 Å². The Morgan fingerprint density at radius 2 is 2.00 bits per heavy atom. The highest BCUT2D eigenvalue weighted by Crippen LogP contribution is 2.30. The van der Waals surface area contributed by atoms with Gasteiger partial charge in [-0.3, -0.25) is 9.78 Å². The number of ketones is 1. The minimum absolute atomic E-state index is 0.0784. The van der Waals surface area contributed by atoms with Gasteiger partial charge in [0.15, 0.2) is 0 Å². The van der Waals surface area contributed by atoms with E-state index in [2.05, 4.69) is 4.98 Å². The van der Waals surface area contributed by atoms with Gasteiger partial charge >= 0.3 is 0 Å². The molecule has 0 saturated heterocycles. The van der Waals surface area contributed by atoms with Crippen molar-refractivity contribution in [2.45, 2.75) is 43.8 Å². The molecule has 0 aliphatic heterocycles. The molecule has 1 aromatic rings.